The highest BCUT2D eigenvalue weighted by molar-refractivity contribution is 6.57. The smallest absolute Gasteiger partial charge is 0.361 e. The van der Waals surface area contributed by atoms with E-state index in [1.807, 2.05) is 13.8 Å². The lowest BCUT2D eigenvalue weighted by Crippen LogP contribution is -2.61. The molecule has 0 aromatic carbocycles. The standard InChI is InChI=1S/C13H29NO3Si/c1-4-13-17-18(15-5-2,16-6-3)14-11-9-7-8-10-12-14/h4-13H2,1-3H3. The zero-order chi connectivity index (χ0) is 13.3. The Morgan fingerprint density at radius 3 is 1.83 bits per heavy atom. The molecule has 1 heterocycles. The van der Waals surface area contributed by atoms with Crippen LogP contribution < -0.4 is 0 Å². The minimum atomic E-state index is -2.61. The van der Waals surface area contributed by atoms with Crippen molar-refractivity contribution in [2.75, 3.05) is 32.9 Å². The summed E-state index contributed by atoms with van der Waals surface area (Å²) in [5, 5.41) is 0. The minimum Gasteiger partial charge on any atom is -0.361 e. The molecule has 5 heteroatoms. The highest BCUT2D eigenvalue weighted by Crippen LogP contribution is 2.21. The molecule has 1 aliphatic rings. The summed E-state index contributed by atoms with van der Waals surface area (Å²) < 4.78 is 20.4. The normalized spacial score (nSPS) is 18.8. The van der Waals surface area contributed by atoms with Crippen LogP contribution in [0.3, 0.4) is 0 Å². The first-order chi connectivity index (χ1) is 8.79. The Bertz CT molecular complexity index is 202. The molecule has 108 valence electrons. The second-order valence-corrected chi connectivity index (χ2v) is 7.19. The van der Waals surface area contributed by atoms with Crippen molar-refractivity contribution in [3.63, 3.8) is 0 Å². The third kappa shape index (κ3) is 4.62. The lowest BCUT2D eigenvalue weighted by Gasteiger charge is -2.37. The van der Waals surface area contributed by atoms with Gasteiger partial charge in [-0.1, -0.05) is 19.8 Å². The summed E-state index contributed by atoms with van der Waals surface area (Å²) in [4.78, 5) is 0. The molecule has 1 aliphatic heterocycles. The average Bonchev–Trinajstić information content (AvgIpc) is 2.65. The van der Waals surface area contributed by atoms with Gasteiger partial charge in [-0.25, -0.2) is 0 Å². The first kappa shape index (κ1) is 16.1. The van der Waals surface area contributed by atoms with E-state index in [2.05, 4.69) is 11.5 Å². The Kier molecular flexibility index (Phi) is 8.09. The molecule has 0 aromatic rings. The molecule has 0 bridgehead atoms. The molecule has 1 rings (SSSR count). The van der Waals surface area contributed by atoms with Crippen molar-refractivity contribution in [3.8, 4) is 0 Å². The fourth-order valence-electron chi connectivity index (χ4n) is 2.34. The summed E-state index contributed by atoms with van der Waals surface area (Å²) in [5.41, 5.74) is 0. The number of nitrogens with zero attached hydrogens (tertiary/aromatic N) is 1. The Morgan fingerprint density at radius 2 is 1.39 bits per heavy atom. The van der Waals surface area contributed by atoms with Crippen LogP contribution in [0.1, 0.15) is 52.9 Å². The van der Waals surface area contributed by atoms with Crippen molar-refractivity contribution in [2.45, 2.75) is 52.9 Å². The number of rotatable bonds is 8. The molecule has 18 heavy (non-hydrogen) atoms. The third-order valence-corrected chi connectivity index (χ3v) is 6.23. The van der Waals surface area contributed by atoms with Crippen LogP contribution in [0.5, 0.6) is 0 Å². The van der Waals surface area contributed by atoms with Crippen LogP contribution in [0.25, 0.3) is 0 Å². The Balaban J connectivity index is 2.75. The zero-order valence-corrected chi connectivity index (χ0v) is 13.2. The van der Waals surface area contributed by atoms with Crippen LogP contribution >= 0.6 is 0 Å². The molecular formula is C13H29NO3Si. The van der Waals surface area contributed by atoms with Gasteiger partial charge in [-0.2, -0.15) is 0 Å². The molecule has 0 aromatic heterocycles. The van der Waals surface area contributed by atoms with E-state index in [0.717, 1.165) is 26.1 Å². The van der Waals surface area contributed by atoms with Crippen molar-refractivity contribution in [1.82, 2.24) is 4.57 Å². The van der Waals surface area contributed by atoms with E-state index in [1.54, 1.807) is 0 Å². The average molecular weight is 275 g/mol. The second-order valence-electron chi connectivity index (χ2n) is 4.64. The summed E-state index contributed by atoms with van der Waals surface area (Å²) in [6.45, 7) is 10.3. The fourth-order valence-corrected chi connectivity index (χ4v) is 5.19. The van der Waals surface area contributed by atoms with Crippen LogP contribution in [0.15, 0.2) is 0 Å². The Hall–Kier alpha value is 0.0569. The topological polar surface area (TPSA) is 30.9 Å². The molecule has 0 spiro atoms. The van der Waals surface area contributed by atoms with Gasteiger partial charge in [0.25, 0.3) is 0 Å². The van der Waals surface area contributed by atoms with Gasteiger partial charge < -0.3 is 13.3 Å². The van der Waals surface area contributed by atoms with Gasteiger partial charge in [0, 0.05) is 19.8 Å². The van der Waals surface area contributed by atoms with Gasteiger partial charge in [-0.15, -0.1) is 0 Å². The predicted molar refractivity (Wildman–Crippen MR) is 75.3 cm³/mol. The maximum Gasteiger partial charge on any atom is 0.599 e. The molecule has 0 amide bonds. The van der Waals surface area contributed by atoms with Gasteiger partial charge in [0.1, 0.15) is 0 Å². The van der Waals surface area contributed by atoms with Crippen LogP contribution in [-0.4, -0.2) is 46.4 Å². The van der Waals surface area contributed by atoms with Crippen LogP contribution in [0.4, 0.5) is 0 Å². The molecule has 0 aliphatic carbocycles. The molecule has 0 N–H and O–H groups in total. The van der Waals surface area contributed by atoms with E-state index in [1.165, 1.54) is 25.7 Å². The van der Waals surface area contributed by atoms with Crippen molar-refractivity contribution < 1.29 is 13.3 Å². The van der Waals surface area contributed by atoms with Crippen molar-refractivity contribution >= 4 is 8.97 Å². The van der Waals surface area contributed by atoms with Gasteiger partial charge >= 0.3 is 8.97 Å². The lowest BCUT2D eigenvalue weighted by atomic mass is 10.2. The molecular weight excluding hydrogens is 246 g/mol. The van der Waals surface area contributed by atoms with Crippen LogP contribution in [0, 0.1) is 0 Å². The number of hydrogen-bond donors (Lipinski definition) is 0. The maximum atomic E-state index is 6.08. The monoisotopic (exact) mass is 275 g/mol. The van der Waals surface area contributed by atoms with E-state index in [-0.39, 0.29) is 0 Å². The lowest BCUT2D eigenvalue weighted by molar-refractivity contribution is 0.0144. The Morgan fingerprint density at radius 1 is 0.833 bits per heavy atom. The summed E-state index contributed by atoms with van der Waals surface area (Å²) in [6, 6.07) is 0. The fraction of sp³-hybridized carbons (Fsp3) is 1.00. The second kappa shape index (κ2) is 9.04. The SMILES string of the molecule is CCCO[Si](OCC)(OCC)N1CCCCCC1. The van der Waals surface area contributed by atoms with Crippen molar-refractivity contribution in [1.29, 1.82) is 0 Å². The summed E-state index contributed by atoms with van der Waals surface area (Å²) in [6.07, 6.45) is 6.08. The van der Waals surface area contributed by atoms with Gasteiger partial charge in [0.05, 0.1) is 0 Å². The van der Waals surface area contributed by atoms with E-state index in [9.17, 15) is 0 Å². The van der Waals surface area contributed by atoms with E-state index < -0.39 is 8.97 Å². The maximum absolute atomic E-state index is 6.08. The van der Waals surface area contributed by atoms with E-state index in [4.69, 9.17) is 13.3 Å². The molecule has 0 radical (unpaired) electrons. The highest BCUT2D eigenvalue weighted by Gasteiger charge is 2.48. The summed E-state index contributed by atoms with van der Waals surface area (Å²) >= 11 is 0. The molecule has 0 saturated carbocycles. The zero-order valence-electron chi connectivity index (χ0n) is 12.2. The van der Waals surface area contributed by atoms with Gasteiger partial charge in [-0.05, 0) is 46.2 Å². The van der Waals surface area contributed by atoms with Crippen molar-refractivity contribution in [2.24, 2.45) is 0 Å². The molecule has 0 atom stereocenters. The molecule has 1 saturated heterocycles. The third-order valence-electron chi connectivity index (χ3n) is 3.14. The predicted octanol–water partition coefficient (Wildman–Crippen LogP) is 2.80. The first-order valence-corrected chi connectivity index (χ1v) is 9.13. The summed E-state index contributed by atoms with van der Waals surface area (Å²) in [7, 11) is -2.61. The van der Waals surface area contributed by atoms with Gasteiger partial charge in [-0.3, -0.25) is 4.57 Å². The minimum absolute atomic E-state index is 0.659. The largest absolute Gasteiger partial charge is 0.599 e. The van der Waals surface area contributed by atoms with Crippen LogP contribution in [0.2, 0.25) is 0 Å². The number of hydrogen-bond acceptors (Lipinski definition) is 4. The Labute approximate surface area is 113 Å². The van der Waals surface area contributed by atoms with E-state index >= 15 is 0 Å². The molecule has 0 unspecified atom stereocenters. The van der Waals surface area contributed by atoms with Crippen LogP contribution in [-0.2, 0) is 13.3 Å². The first-order valence-electron chi connectivity index (χ1n) is 7.46. The van der Waals surface area contributed by atoms with Gasteiger partial charge in [0.2, 0.25) is 0 Å². The van der Waals surface area contributed by atoms with Crippen molar-refractivity contribution in [3.05, 3.63) is 0 Å². The van der Waals surface area contributed by atoms with E-state index in [0.29, 0.717) is 13.2 Å². The summed E-state index contributed by atoms with van der Waals surface area (Å²) in [5.74, 6) is 0. The highest BCUT2D eigenvalue weighted by atomic mass is 28.4. The quantitative estimate of drug-likeness (QED) is 0.637. The molecule has 4 nitrogen and oxygen atoms in total. The molecule has 1 fully saturated rings. The van der Waals surface area contributed by atoms with Gasteiger partial charge in [0.15, 0.2) is 0 Å².